The number of hydrogen-bond donors (Lipinski definition) is 1. The van der Waals surface area contributed by atoms with Gasteiger partial charge in [-0.3, -0.25) is 9.48 Å². The molecule has 0 aliphatic carbocycles. The van der Waals surface area contributed by atoms with Crippen molar-refractivity contribution in [2.45, 2.75) is 19.8 Å². The third kappa shape index (κ3) is 3.22. The Morgan fingerprint density at radius 3 is 2.56 bits per heavy atom. The van der Waals surface area contributed by atoms with E-state index in [2.05, 4.69) is 33.9 Å². The van der Waals surface area contributed by atoms with Crippen LogP contribution in [0.2, 0.25) is 0 Å². The van der Waals surface area contributed by atoms with E-state index in [-0.39, 0.29) is 11.6 Å². The SMILES string of the molecule is CC(C)c1nn(-c2ccc(C(N)=O)nc2)c2nccc(-n3cnc(-c4cnn(C)c4)c3)c12. The minimum Gasteiger partial charge on any atom is -0.364 e. The highest BCUT2D eigenvalue weighted by molar-refractivity contribution is 5.91. The van der Waals surface area contributed by atoms with Crippen molar-refractivity contribution in [2.75, 3.05) is 0 Å². The maximum Gasteiger partial charge on any atom is 0.267 e. The number of nitrogens with zero attached hydrogens (tertiary/aromatic N) is 8. The summed E-state index contributed by atoms with van der Waals surface area (Å²) in [7, 11) is 1.88. The number of hydrogen-bond acceptors (Lipinski definition) is 6. The summed E-state index contributed by atoms with van der Waals surface area (Å²) in [5.74, 6) is -0.421. The van der Waals surface area contributed by atoms with Gasteiger partial charge in [0.15, 0.2) is 5.65 Å². The van der Waals surface area contributed by atoms with Crippen LogP contribution in [0.3, 0.4) is 0 Å². The molecule has 160 valence electrons. The third-order valence-electron chi connectivity index (χ3n) is 5.23. The quantitative estimate of drug-likeness (QED) is 0.460. The van der Waals surface area contributed by atoms with Crippen LogP contribution < -0.4 is 5.73 Å². The van der Waals surface area contributed by atoms with Gasteiger partial charge in [0.2, 0.25) is 0 Å². The molecule has 0 unspecified atom stereocenters. The Bertz CT molecular complexity index is 1440. The molecule has 0 saturated carbocycles. The predicted octanol–water partition coefficient (Wildman–Crippen LogP) is 2.62. The molecule has 5 aromatic heterocycles. The van der Waals surface area contributed by atoms with E-state index in [0.29, 0.717) is 11.3 Å². The van der Waals surface area contributed by atoms with Gasteiger partial charge in [-0.1, -0.05) is 13.8 Å². The summed E-state index contributed by atoms with van der Waals surface area (Å²) >= 11 is 0. The van der Waals surface area contributed by atoms with Crippen molar-refractivity contribution >= 4 is 16.9 Å². The van der Waals surface area contributed by atoms with Crippen molar-refractivity contribution in [2.24, 2.45) is 12.8 Å². The molecule has 0 aliphatic rings. The summed E-state index contributed by atoms with van der Waals surface area (Å²) in [6.07, 6.45) is 10.8. The van der Waals surface area contributed by atoms with Crippen molar-refractivity contribution in [1.29, 1.82) is 0 Å². The van der Waals surface area contributed by atoms with Gasteiger partial charge in [0.1, 0.15) is 5.69 Å². The minimum absolute atomic E-state index is 0.154. The Morgan fingerprint density at radius 1 is 1.06 bits per heavy atom. The van der Waals surface area contributed by atoms with Gasteiger partial charge in [-0.05, 0) is 24.1 Å². The van der Waals surface area contributed by atoms with Gasteiger partial charge in [0.05, 0.1) is 46.9 Å². The normalized spacial score (nSPS) is 11.5. The fourth-order valence-electron chi connectivity index (χ4n) is 3.67. The second-order valence-electron chi connectivity index (χ2n) is 7.82. The topological polar surface area (TPSA) is 122 Å². The number of carbonyl (C=O) groups excluding carboxylic acids is 1. The first kappa shape index (κ1) is 19.6. The van der Waals surface area contributed by atoms with Gasteiger partial charge >= 0.3 is 0 Å². The highest BCUT2D eigenvalue weighted by atomic mass is 16.1. The summed E-state index contributed by atoms with van der Waals surface area (Å²) in [5.41, 5.74) is 10.5. The lowest BCUT2D eigenvalue weighted by molar-refractivity contribution is 0.0995. The minimum atomic E-state index is -0.574. The molecule has 32 heavy (non-hydrogen) atoms. The molecule has 5 heterocycles. The predicted molar refractivity (Wildman–Crippen MR) is 119 cm³/mol. The first-order valence-electron chi connectivity index (χ1n) is 10.1. The molecule has 0 saturated heterocycles. The summed E-state index contributed by atoms with van der Waals surface area (Å²) in [6.45, 7) is 4.18. The van der Waals surface area contributed by atoms with Gasteiger partial charge in [-0.2, -0.15) is 10.2 Å². The molecular formula is C22H21N9O. The van der Waals surface area contributed by atoms with E-state index in [9.17, 15) is 4.79 Å². The maximum absolute atomic E-state index is 11.4. The smallest absolute Gasteiger partial charge is 0.267 e. The average molecular weight is 427 g/mol. The molecule has 2 N–H and O–H groups in total. The second kappa shape index (κ2) is 7.41. The first-order chi connectivity index (χ1) is 15.4. The van der Waals surface area contributed by atoms with E-state index in [1.807, 2.05) is 30.1 Å². The molecular weight excluding hydrogens is 406 g/mol. The number of imidazole rings is 1. The molecule has 5 aromatic rings. The lowest BCUT2D eigenvalue weighted by Gasteiger charge is -2.07. The summed E-state index contributed by atoms with van der Waals surface area (Å²) in [6, 6.07) is 5.29. The average Bonchev–Trinajstić information content (AvgIpc) is 3.51. The van der Waals surface area contributed by atoms with Crippen LogP contribution in [0.25, 0.3) is 33.7 Å². The summed E-state index contributed by atoms with van der Waals surface area (Å²) in [4.78, 5) is 24.7. The molecule has 0 fully saturated rings. The second-order valence-corrected chi connectivity index (χ2v) is 7.82. The highest BCUT2D eigenvalue weighted by Crippen LogP contribution is 2.31. The molecule has 1 amide bonds. The van der Waals surface area contributed by atoms with E-state index in [4.69, 9.17) is 10.8 Å². The molecule has 5 rings (SSSR count). The van der Waals surface area contributed by atoms with E-state index in [1.54, 1.807) is 46.4 Å². The van der Waals surface area contributed by atoms with Crippen LogP contribution in [-0.2, 0) is 7.05 Å². The fraction of sp³-hybridized carbons (Fsp3) is 0.182. The van der Waals surface area contributed by atoms with Crippen LogP contribution in [0.5, 0.6) is 0 Å². The molecule has 10 nitrogen and oxygen atoms in total. The zero-order valence-corrected chi connectivity index (χ0v) is 17.8. The standard InChI is InChI=1S/C22H21N9O/c1-13(2)20-19-18(30-11-17(26-12-30)14-8-27-29(3)10-14)6-7-24-22(19)31(28-20)15-4-5-16(21(23)32)25-9-15/h4-13H,1-3H3,(H2,23,32). The lowest BCUT2D eigenvalue weighted by Crippen LogP contribution is -2.13. The van der Waals surface area contributed by atoms with Gasteiger partial charge in [-0.15, -0.1) is 0 Å². The van der Waals surface area contributed by atoms with Gasteiger partial charge in [0.25, 0.3) is 5.91 Å². The first-order valence-corrected chi connectivity index (χ1v) is 10.1. The molecule has 0 bridgehead atoms. The van der Waals surface area contributed by atoms with Crippen molar-refractivity contribution in [3.63, 3.8) is 0 Å². The number of aryl methyl sites for hydroxylation is 1. The molecule has 0 spiro atoms. The Balaban J connectivity index is 1.67. The molecule has 10 heteroatoms. The van der Waals surface area contributed by atoms with E-state index in [0.717, 1.165) is 28.0 Å². The van der Waals surface area contributed by atoms with E-state index < -0.39 is 5.91 Å². The third-order valence-corrected chi connectivity index (χ3v) is 5.23. The van der Waals surface area contributed by atoms with E-state index in [1.165, 1.54) is 0 Å². The maximum atomic E-state index is 11.4. The fourth-order valence-corrected chi connectivity index (χ4v) is 3.67. The monoisotopic (exact) mass is 427 g/mol. The highest BCUT2D eigenvalue weighted by Gasteiger charge is 2.20. The number of aromatic nitrogens is 8. The number of carbonyl (C=O) groups is 1. The van der Waals surface area contributed by atoms with E-state index >= 15 is 0 Å². The number of pyridine rings is 2. The number of rotatable bonds is 5. The Labute approximate surface area is 183 Å². The Kier molecular flexibility index (Phi) is 4.54. The van der Waals surface area contributed by atoms with Crippen molar-refractivity contribution in [3.05, 3.63) is 66.9 Å². The number of nitrogens with two attached hydrogens (primary N) is 1. The number of fused-ring (bicyclic) bond motifs is 1. The summed E-state index contributed by atoms with van der Waals surface area (Å²) in [5, 5.41) is 9.99. The van der Waals surface area contributed by atoms with Crippen molar-refractivity contribution in [1.82, 2.24) is 39.1 Å². The van der Waals surface area contributed by atoms with Gasteiger partial charge in [-0.25, -0.2) is 19.6 Å². The van der Waals surface area contributed by atoms with Crippen molar-refractivity contribution in [3.8, 4) is 22.6 Å². The molecule has 0 atom stereocenters. The van der Waals surface area contributed by atoms with Crippen LogP contribution in [0.1, 0.15) is 35.9 Å². The lowest BCUT2D eigenvalue weighted by atomic mass is 10.1. The van der Waals surface area contributed by atoms with Crippen molar-refractivity contribution < 1.29 is 4.79 Å². The number of amides is 1. The molecule has 0 radical (unpaired) electrons. The van der Waals surface area contributed by atoms with Crippen LogP contribution in [0.15, 0.2) is 55.5 Å². The number of primary amides is 1. The summed E-state index contributed by atoms with van der Waals surface area (Å²) < 4.78 is 5.46. The molecule has 0 aromatic carbocycles. The van der Waals surface area contributed by atoms with Crippen LogP contribution in [0, 0.1) is 0 Å². The van der Waals surface area contributed by atoms with Crippen LogP contribution >= 0.6 is 0 Å². The van der Waals surface area contributed by atoms with Gasteiger partial charge < -0.3 is 10.3 Å². The Morgan fingerprint density at radius 2 is 1.91 bits per heavy atom. The van der Waals surface area contributed by atoms with Crippen LogP contribution in [0.4, 0.5) is 0 Å². The van der Waals surface area contributed by atoms with Crippen LogP contribution in [-0.4, -0.2) is 45.0 Å². The zero-order valence-electron chi connectivity index (χ0n) is 17.8. The van der Waals surface area contributed by atoms with Gasteiger partial charge in [0, 0.05) is 31.2 Å². The Hall–Kier alpha value is -4.34. The zero-order chi connectivity index (χ0) is 22.4. The largest absolute Gasteiger partial charge is 0.364 e. The molecule has 0 aliphatic heterocycles.